The minimum absolute atomic E-state index is 0.155. The number of hydrogen-bond acceptors (Lipinski definition) is 3. The Balaban J connectivity index is 1.49. The van der Waals surface area contributed by atoms with Crippen LogP contribution in [0.3, 0.4) is 0 Å². The SMILES string of the molecule is CC(OC(=O)C(c1ccccc1)c1ccccc1)C(=O)N1CCc2ccccc2C1. The van der Waals surface area contributed by atoms with Crippen LogP contribution < -0.4 is 0 Å². The number of hydrogen-bond donors (Lipinski definition) is 0. The standard InChI is InChI=1S/C26H25NO3/c1-19(25(28)27-17-16-20-10-8-9-15-23(20)18-27)30-26(29)24(21-11-4-2-5-12-21)22-13-6-3-7-14-22/h2-15,19,24H,16-18H2,1H3. The summed E-state index contributed by atoms with van der Waals surface area (Å²) in [5.41, 5.74) is 4.13. The van der Waals surface area contributed by atoms with Gasteiger partial charge in [-0.3, -0.25) is 9.59 Å². The van der Waals surface area contributed by atoms with E-state index < -0.39 is 18.0 Å². The van der Waals surface area contributed by atoms with E-state index in [0.29, 0.717) is 13.1 Å². The molecular formula is C26H25NO3. The summed E-state index contributed by atoms with van der Waals surface area (Å²) in [6, 6.07) is 27.2. The molecular weight excluding hydrogens is 374 g/mol. The van der Waals surface area contributed by atoms with Gasteiger partial charge in [0.2, 0.25) is 0 Å². The second-order valence-corrected chi connectivity index (χ2v) is 7.61. The number of ether oxygens (including phenoxy) is 1. The first-order chi connectivity index (χ1) is 14.6. The summed E-state index contributed by atoms with van der Waals surface area (Å²) in [7, 11) is 0. The Labute approximate surface area is 177 Å². The van der Waals surface area contributed by atoms with Crippen molar-refractivity contribution in [1.29, 1.82) is 0 Å². The van der Waals surface area contributed by atoms with Gasteiger partial charge in [-0.15, -0.1) is 0 Å². The van der Waals surface area contributed by atoms with Gasteiger partial charge in [-0.05, 0) is 35.6 Å². The van der Waals surface area contributed by atoms with E-state index in [2.05, 4.69) is 6.07 Å². The van der Waals surface area contributed by atoms with Gasteiger partial charge in [0.05, 0.1) is 0 Å². The molecule has 1 heterocycles. The van der Waals surface area contributed by atoms with Gasteiger partial charge in [-0.25, -0.2) is 0 Å². The maximum absolute atomic E-state index is 13.1. The Hall–Kier alpha value is -3.40. The fourth-order valence-corrected chi connectivity index (χ4v) is 3.99. The Morgan fingerprint density at radius 3 is 1.93 bits per heavy atom. The average molecular weight is 399 g/mol. The molecule has 0 radical (unpaired) electrons. The van der Waals surface area contributed by atoms with Crippen molar-refractivity contribution in [3.63, 3.8) is 0 Å². The van der Waals surface area contributed by atoms with E-state index in [-0.39, 0.29) is 5.91 Å². The lowest BCUT2D eigenvalue weighted by molar-refractivity contribution is -0.160. The molecule has 4 rings (SSSR count). The van der Waals surface area contributed by atoms with Crippen molar-refractivity contribution >= 4 is 11.9 Å². The van der Waals surface area contributed by atoms with Crippen LogP contribution in [0.15, 0.2) is 84.9 Å². The number of amides is 1. The molecule has 4 nitrogen and oxygen atoms in total. The van der Waals surface area contributed by atoms with Crippen LogP contribution in [0.1, 0.15) is 35.1 Å². The third-order valence-corrected chi connectivity index (χ3v) is 5.58. The van der Waals surface area contributed by atoms with E-state index in [0.717, 1.165) is 23.1 Å². The number of benzene rings is 3. The van der Waals surface area contributed by atoms with Crippen molar-refractivity contribution in [2.24, 2.45) is 0 Å². The summed E-state index contributed by atoms with van der Waals surface area (Å²) in [6.07, 6.45) is -0.0168. The van der Waals surface area contributed by atoms with E-state index in [4.69, 9.17) is 4.74 Å². The van der Waals surface area contributed by atoms with Crippen LogP contribution >= 0.6 is 0 Å². The number of carbonyl (C=O) groups excluding carboxylic acids is 2. The van der Waals surface area contributed by atoms with Crippen LogP contribution in [-0.2, 0) is 27.3 Å². The highest BCUT2D eigenvalue weighted by atomic mass is 16.5. The Bertz CT molecular complexity index is 977. The second kappa shape index (κ2) is 8.95. The van der Waals surface area contributed by atoms with E-state index in [1.54, 1.807) is 11.8 Å². The smallest absolute Gasteiger partial charge is 0.318 e. The maximum Gasteiger partial charge on any atom is 0.318 e. The summed E-state index contributed by atoms with van der Waals surface area (Å²) in [5, 5.41) is 0. The molecule has 0 spiro atoms. The third-order valence-electron chi connectivity index (χ3n) is 5.58. The third kappa shape index (κ3) is 4.28. The quantitative estimate of drug-likeness (QED) is 0.600. The van der Waals surface area contributed by atoms with E-state index in [1.807, 2.05) is 78.9 Å². The fourth-order valence-electron chi connectivity index (χ4n) is 3.99. The first-order valence-electron chi connectivity index (χ1n) is 10.3. The number of rotatable bonds is 5. The molecule has 0 fully saturated rings. The van der Waals surface area contributed by atoms with E-state index >= 15 is 0 Å². The largest absolute Gasteiger partial charge is 0.452 e. The molecule has 1 aliphatic heterocycles. The van der Waals surface area contributed by atoms with Crippen LogP contribution in [0.4, 0.5) is 0 Å². The van der Waals surface area contributed by atoms with Crippen molar-refractivity contribution in [3.8, 4) is 0 Å². The van der Waals surface area contributed by atoms with Crippen molar-refractivity contribution in [3.05, 3.63) is 107 Å². The zero-order valence-corrected chi connectivity index (χ0v) is 17.0. The highest BCUT2D eigenvalue weighted by Gasteiger charge is 2.31. The van der Waals surface area contributed by atoms with Crippen molar-refractivity contribution in [1.82, 2.24) is 4.90 Å². The number of esters is 1. The van der Waals surface area contributed by atoms with Crippen LogP contribution in [0.25, 0.3) is 0 Å². The second-order valence-electron chi connectivity index (χ2n) is 7.61. The van der Waals surface area contributed by atoms with Crippen molar-refractivity contribution in [2.75, 3.05) is 6.54 Å². The molecule has 3 aromatic carbocycles. The molecule has 0 aliphatic carbocycles. The predicted molar refractivity (Wildman–Crippen MR) is 116 cm³/mol. The van der Waals surface area contributed by atoms with Gasteiger partial charge in [0.25, 0.3) is 5.91 Å². The minimum Gasteiger partial charge on any atom is -0.452 e. The van der Waals surface area contributed by atoms with Crippen LogP contribution in [0.2, 0.25) is 0 Å². The van der Waals surface area contributed by atoms with E-state index in [9.17, 15) is 9.59 Å². The normalized spacial score (nSPS) is 14.1. The van der Waals surface area contributed by atoms with Gasteiger partial charge in [0, 0.05) is 13.1 Å². The van der Waals surface area contributed by atoms with Crippen molar-refractivity contribution < 1.29 is 14.3 Å². The Kier molecular flexibility index (Phi) is 5.94. The van der Waals surface area contributed by atoms with Crippen LogP contribution in [-0.4, -0.2) is 29.4 Å². The van der Waals surface area contributed by atoms with Crippen molar-refractivity contribution in [2.45, 2.75) is 31.9 Å². The monoisotopic (exact) mass is 399 g/mol. The number of fused-ring (bicyclic) bond motifs is 1. The summed E-state index contributed by atoms with van der Waals surface area (Å²) >= 11 is 0. The average Bonchev–Trinajstić information content (AvgIpc) is 2.80. The Morgan fingerprint density at radius 2 is 1.33 bits per heavy atom. The molecule has 152 valence electrons. The minimum atomic E-state index is -0.835. The molecule has 0 aromatic heterocycles. The summed E-state index contributed by atoms with van der Waals surface area (Å²) in [6.45, 7) is 2.85. The predicted octanol–water partition coefficient (Wildman–Crippen LogP) is 4.34. The molecule has 0 N–H and O–H groups in total. The number of nitrogens with zero attached hydrogens (tertiary/aromatic N) is 1. The van der Waals surface area contributed by atoms with Gasteiger partial charge >= 0.3 is 5.97 Å². The molecule has 4 heteroatoms. The van der Waals surface area contributed by atoms with Gasteiger partial charge in [-0.1, -0.05) is 84.9 Å². The lowest BCUT2D eigenvalue weighted by Crippen LogP contribution is -2.43. The molecule has 1 amide bonds. The molecule has 0 bridgehead atoms. The molecule has 0 saturated carbocycles. The highest BCUT2D eigenvalue weighted by Crippen LogP contribution is 2.27. The van der Waals surface area contributed by atoms with Gasteiger partial charge in [-0.2, -0.15) is 0 Å². The molecule has 3 aromatic rings. The molecule has 1 atom stereocenters. The summed E-state index contributed by atoms with van der Waals surface area (Å²) in [4.78, 5) is 27.9. The first kappa shape index (κ1) is 19.9. The summed E-state index contributed by atoms with van der Waals surface area (Å²) in [5.74, 6) is -1.13. The molecule has 1 unspecified atom stereocenters. The lowest BCUT2D eigenvalue weighted by atomic mass is 9.91. The zero-order valence-electron chi connectivity index (χ0n) is 17.0. The van der Waals surface area contributed by atoms with Gasteiger partial charge in [0.15, 0.2) is 6.10 Å². The first-order valence-corrected chi connectivity index (χ1v) is 10.3. The topological polar surface area (TPSA) is 46.6 Å². The lowest BCUT2D eigenvalue weighted by Gasteiger charge is -2.31. The maximum atomic E-state index is 13.1. The molecule has 1 aliphatic rings. The Morgan fingerprint density at radius 1 is 0.800 bits per heavy atom. The van der Waals surface area contributed by atoms with Crippen LogP contribution in [0, 0.1) is 0 Å². The zero-order chi connectivity index (χ0) is 20.9. The van der Waals surface area contributed by atoms with E-state index in [1.165, 1.54) is 5.56 Å². The van der Waals surface area contributed by atoms with Crippen LogP contribution in [0.5, 0.6) is 0 Å². The molecule has 30 heavy (non-hydrogen) atoms. The fraction of sp³-hybridized carbons (Fsp3) is 0.231. The highest BCUT2D eigenvalue weighted by molar-refractivity contribution is 5.87. The van der Waals surface area contributed by atoms with Gasteiger partial charge < -0.3 is 9.64 Å². The number of carbonyl (C=O) groups is 2. The van der Waals surface area contributed by atoms with Gasteiger partial charge in [0.1, 0.15) is 5.92 Å². The summed E-state index contributed by atoms with van der Waals surface area (Å²) < 4.78 is 5.69. The molecule has 0 saturated heterocycles.